The van der Waals surface area contributed by atoms with Gasteiger partial charge in [0, 0.05) is 30.7 Å². The zero-order valence-corrected chi connectivity index (χ0v) is 21.6. The Labute approximate surface area is 225 Å². The number of anilines is 2. The molecule has 3 amide bonds. The second-order valence-corrected chi connectivity index (χ2v) is 10.8. The molecular weight excluding hydrogens is 535 g/mol. The molecule has 0 radical (unpaired) electrons. The third-order valence-corrected chi connectivity index (χ3v) is 7.96. The van der Waals surface area contributed by atoms with E-state index in [-0.39, 0.29) is 30.5 Å². The molecule has 2 aliphatic rings. The van der Waals surface area contributed by atoms with Crippen LogP contribution in [0.25, 0.3) is 10.4 Å². The highest BCUT2D eigenvalue weighted by molar-refractivity contribution is 7.15. The van der Waals surface area contributed by atoms with Crippen LogP contribution < -0.4 is 21.3 Å². The van der Waals surface area contributed by atoms with E-state index in [1.165, 1.54) is 11.3 Å². The van der Waals surface area contributed by atoms with Gasteiger partial charge < -0.3 is 26.4 Å². The Hall–Kier alpha value is -3.78. The minimum absolute atomic E-state index is 0.113. The molecule has 10 nitrogen and oxygen atoms in total. The maximum Gasteiger partial charge on any atom is 0.433 e. The predicted octanol–water partition coefficient (Wildman–Crippen LogP) is 3.60. The quantitative estimate of drug-likeness (QED) is 0.310. The number of halogens is 3. The summed E-state index contributed by atoms with van der Waals surface area (Å²) in [5.74, 6) is -0.421. The number of carbonyl (C=O) groups is 2. The molecule has 5 N–H and O–H groups in total. The monoisotopic (exact) mass is 561 g/mol. The average molecular weight is 562 g/mol. The van der Waals surface area contributed by atoms with Gasteiger partial charge in [0.25, 0.3) is 0 Å². The third-order valence-electron chi connectivity index (χ3n) is 6.72. The van der Waals surface area contributed by atoms with E-state index < -0.39 is 23.5 Å². The zero-order chi connectivity index (χ0) is 27.8. The number of aryl methyl sites for hydroxylation is 1. The lowest BCUT2D eigenvalue weighted by molar-refractivity contribution is -0.141. The second kappa shape index (κ2) is 10.4. The fraction of sp³-hybridized carbons (Fsp3) is 0.400. The van der Waals surface area contributed by atoms with E-state index in [1.54, 1.807) is 18.3 Å². The normalized spacial score (nSPS) is 23.2. The molecule has 1 aromatic carbocycles. The number of hydrogen-bond donors (Lipinski definition) is 5. The van der Waals surface area contributed by atoms with E-state index in [0.29, 0.717) is 36.4 Å². The number of benzene rings is 1. The molecule has 1 saturated carbocycles. The van der Waals surface area contributed by atoms with E-state index >= 15 is 0 Å². The van der Waals surface area contributed by atoms with Gasteiger partial charge in [0.1, 0.15) is 22.3 Å². The van der Waals surface area contributed by atoms with Gasteiger partial charge in [0.15, 0.2) is 0 Å². The van der Waals surface area contributed by atoms with Gasteiger partial charge in [-0.25, -0.2) is 19.7 Å². The number of amides is 3. The van der Waals surface area contributed by atoms with Gasteiger partial charge in [-0.15, -0.1) is 11.3 Å². The van der Waals surface area contributed by atoms with E-state index in [0.717, 1.165) is 28.3 Å². The fourth-order valence-electron chi connectivity index (χ4n) is 4.69. The molecule has 2 fully saturated rings. The number of alkyl halides is 3. The van der Waals surface area contributed by atoms with Crippen LogP contribution in [0.4, 0.5) is 29.6 Å². The first-order valence-electron chi connectivity index (χ1n) is 12.3. The lowest BCUT2D eigenvalue weighted by Crippen LogP contribution is -2.49. The molecule has 2 aromatic heterocycles. The number of nitrogens with zero attached hydrogens (tertiary/aromatic N) is 3. The number of urea groups is 1. The van der Waals surface area contributed by atoms with E-state index in [9.17, 15) is 27.9 Å². The van der Waals surface area contributed by atoms with E-state index in [2.05, 4.69) is 36.2 Å². The standard InChI is InChI=1S/C25H26F3N7O3S/c1-13-8-14(10-16(9-13)33-22-29-7-4-19(35-22)25(26,27)28)18-12-30-21(39-18)24(38)5-2-15(3-6-24)32-20(36)17-11-31-23(37)34-17/h4,7-10,12,15,17,38H,2-3,5-6,11H2,1H3,(H,32,36)(H,29,33,35)(H2,31,34,37)/t15-,17?,24+. The Kier molecular flexibility index (Phi) is 7.16. The van der Waals surface area contributed by atoms with Crippen molar-refractivity contribution in [3.63, 3.8) is 0 Å². The molecule has 39 heavy (non-hydrogen) atoms. The van der Waals surface area contributed by atoms with Crippen LogP contribution in [0.3, 0.4) is 0 Å². The van der Waals surface area contributed by atoms with Gasteiger partial charge in [0.2, 0.25) is 11.9 Å². The van der Waals surface area contributed by atoms with Crippen molar-refractivity contribution < 1.29 is 27.9 Å². The van der Waals surface area contributed by atoms with Gasteiger partial charge in [-0.3, -0.25) is 4.79 Å². The summed E-state index contributed by atoms with van der Waals surface area (Å²) in [6.07, 6.45) is 0.0744. The molecule has 14 heteroatoms. The van der Waals surface area contributed by atoms with Crippen molar-refractivity contribution in [2.24, 2.45) is 0 Å². The smallest absolute Gasteiger partial charge is 0.383 e. The third kappa shape index (κ3) is 6.11. The SMILES string of the molecule is Cc1cc(Nc2nccc(C(F)(F)F)n2)cc(-c2cnc([C@]3(O)CC[C@@H](NC(=O)C4CNC(=O)N4)CC3)s2)c1. The molecule has 206 valence electrons. The number of aromatic nitrogens is 3. The molecule has 1 aliphatic carbocycles. The molecule has 3 heterocycles. The molecule has 1 atom stereocenters. The van der Waals surface area contributed by atoms with Crippen molar-refractivity contribution in [3.8, 4) is 10.4 Å². The van der Waals surface area contributed by atoms with Crippen LogP contribution in [-0.2, 0) is 16.6 Å². The molecule has 1 unspecified atom stereocenters. The minimum atomic E-state index is -4.58. The second-order valence-electron chi connectivity index (χ2n) is 9.73. The van der Waals surface area contributed by atoms with Crippen molar-refractivity contribution >= 4 is 34.9 Å². The number of aliphatic hydroxyl groups is 1. The van der Waals surface area contributed by atoms with Crippen LogP contribution in [0.15, 0.2) is 36.7 Å². The van der Waals surface area contributed by atoms with E-state index in [1.807, 2.05) is 13.0 Å². The fourth-order valence-corrected chi connectivity index (χ4v) is 5.74. The van der Waals surface area contributed by atoms with Gasteiger partial charge >= 0.3 is 12.2 Å². The van der Waals surface area contributed by atoms with E-state index in [4.69, 9.17) is 0 Å². The van der Waals surface area contributed by atoms with Gasteiger partial charge in [-0.05, 0) is 61.9 Å². The topological polar surface area (TPSA) is 141 Å². The minimum Gasteiger partial charge on any atom is -0.383 e. The highest BCUT2D eigenvalue weighted by Gasteiger charge is 2.39. The number of nitrogens with one attached hydrogen (secondary N) is 4. The largest absolute Gasteiger partial charge is 0.433 e. The number of rotatable bonds is 6. The highest BCUT2D eigenvalue weighted by atomic mass is 32.1. The first-order valence-corrected chi connectivity index (χ1v) is 13.1. The summed E-state index contributed by atoms with van der Waals surface area (Å²) >= 11 is 1.34. The van der Waals surface area contributed by atoms with Gasteiger partial charge in [-0.2, -0.15) is 13.2 Å². The van der Waals surface area contributed by atoms with Crippen molar-refractivity contribution in [2.75, 3.05) is 11.9 Å². The van der Waals surface area contributed by atoms with Crippen molar-refractivity contribution in [1.82, 2.24) is 30.9 Å². The van der Waals surface area contributed by atoms with Crippen LogP contribution in [0.5, 0.6) is 0 Å². The summed E-state index contributed by atoms with van der Waals surface area (Å²) in [7, 11) is 0. The molecule has 1 aliphatic heterocycles. The Morgan fingerprint density at radius 3 is 2.67 bits per heavy atom. The zero-order valence-electron chi connectivity index (χ0n) is 20.8. The Balaban J connectivity index is 1.25. The lowest BCUT2D eigenvalue weighted by Gasteiger charge is -2.35. The summed E-state index contributed by atoms with van der Waals surface area (Å²) in [4.78, 5) is 36.4. The van der Waals surface area contributed by atoms with Crippen molar-refractivity contribution in [3.05, 3.63) is 52.9 Å². The maximum atomic E-state index is 13.0. The summed E-state index contributed by atoms with van der Waals surface area (Å²) in [6, 6.07) is 5.18. The molecular formula is C25H26F3N7O3S. The Morgan fingerprint density at radius 2 is 1.97 bits per heavy atom. The van der Waals surface area contributed by atoms with Gasteiger partial charge in [0.05, 0.1) is 4.88 Å². The van der Waals surface area contributed by atoms with Crippen LogP contribution >= 0.6 is 11.3 Å². The Bertz CT molecular complexity index is 1390. The average Bonchev–Trinajstić information content (AvgIpc) is 3.55. The van der Waals surface area contributed by atoms with Crippen molar-refractivity contribution in [1.29, 1.82) is 0 Å². The molecule has 0 bridgehead atoms. The Morgan fingerprint density at radius 1 is 1.21 bits per heavy atom. The molecule has 5 rings (SSSR count). The first kappa shape index (κ1) is 26.8. The van der Waals surface area contributed by atoms with Crippen LogP contribution in [0.1, 0.15) is 41.9 Å². The molecule has 3 aromatic rings. The summed E-state index contributed by atoms with van der Waals surface area (Å²) in [5, 5.41) is 22.8. The first-order chi connectivity index (χ1) is 18.5. The highest BCUT2D eigenvalue weighted by Crippen LogP contribution is 2.41. The maximum absolute atomic E-state index is 13.0. The summed E-state index contributed by atoms with van der Waals surface area (Å²) < 4.78 is 39.1. The summed E-state index contributed by atoms with van der Waals surface area (Å²) in [5.41, 5.74) is -0.0115. The molecule has 0 spiro atoms. The van der Waals surface area contributed by atoms with Crippen LogP contribution in [-0.4, -0.2) is 50.6 Å². The summed E-state index contributed by atoms with van der Waals surface area (Å²) in [6.45, 7) is 2.10. The van der Waals surface area contributed by atoms with Crippen molar-refractivity contribution in [2.45, 2.75) is 56.5 Å². The lowest BCUT2D eigenvalue weighted by atomic mass is 9.82. The van der Waals surface area contributed by atoms with Gasteiger partial charge in [-0.1, -0.05) is 6.07 Å². The molecule has 1 saturated heterocycles. The number of hydrogen-bond acceptors (Lipinski definition) is 8. The predicted molar refractivity (Wildman–Crippen MR) is 137 cm³/mol. The van der Waals surface area contributed by atoms with Crippen LogP contribution in [0.2, 0.25) is 0 Å². The van der Waals surface area contributed by atoms with Crippen LogP contribution in [0, 0.1) is 6.92 Å². The number of thiazole rings is 1. The number of carbonyl (C=O) groups excluding carboxylic acids is 2.